The van der Waals surface area contributed by atoms with E-state index in [1.54, 1.807) is 0 Å². The minimum Gasteiger partial charge on any atom is -0.445 e. The van der Waals surface area contributed by atoms with Gasteiger partial charge in [-0.15, -0.1) is 0 Å². The van der Waals surface area contributed by atoms with Gasteiger partial charge < -0.3 is 14.6 Å². The topological polar surface area (TPSA) is 88.2 Å². The molecule has 9 heteroatoms. The lowest BCUT2D eigenvalue weighted by molar-refractivity contribution is 0.0606. The van der Waals surface area contributed by atoms with Crippen LogP contribution in [0.4, 0.5) is 9.18 Å². The molecule has 7 nitrogen and oxygen atoms in total. The molecule has 0 saturated carbocycles. The number of ether oxygens (including phenoxy) is 1. The molecule has 2 aliphatic heterocycles. The van der Waals surface area contributed by atoms with Crippen LogP contribution in [0.25, 0.3) is 10.9 Å². The summed E-state index contributed by atoms with van der Waals surface area (Å²) in [6.45, 7) is 0.227. The van der Waals surface area contributed by atoms with E-state index in [0.717, 1.165) is 18.4 Å². The van der Waals surface area contributed by atoms with E-state index in [4.69, 9.17) is 16.3 Å². The molecule has 1 N–H and O–H groups in total. The average Bonchev–Trinajstić information content (AvgIpc) is 3.04. The Morgan fingerprint density at radius 3 is 2.65 bits per heavy atom. The molecule has 5 rings (SSSR count). The molecule has 4 heterocycles. The number of amides is 1. The van der Waals surface area contributed by atoms with Crippen molar-refractivity contribution in [1.29, 1.82) is 0 Å². The summed E-state index contributed by atoms with van der Waals surface area (Å²) in [6.07, 6.45) is 4.11. The molecule has 1 unspecified atom stereocenters. The number of nitrogens with one attached hydrogen (secondary N) is 1. The highest BCUT2D eigenvalue weighted by Gasteiger charge is 2.45. The third-order valence-electron chi connectivity index (χ3n) is 6.24. The zero-order chi connectivity index (χ0) is 21.5. The molecule has 0 aliphatic carbocycles. The van der Waals surface area contributed by atoms with Gasteiger partial charge in [-0.25, -0.2) is 19.0 Å². The van der Waals surface area contributed by atoms with Crippen molar-refractivity contribution in [3.63, 3.8) is 0 Å². The van der Waals surface area contributed by atoms with Crippen LogP contribution in [0.15, 0.2) is 41.3 Å². The molecular formula is C22H20ClFN4O3. The molecule has 2 aliphatic rings. The number of halogens is 2. The van der Waals surface area contributed by atoms with Crippen LogP contribution in [0.3, 0.4) is 0 Å². The number of nitrogens with zero attached hydrogens (tertiary/aromatic N) is 3. The van der Waals surface area contributed by atoms with Gasteiger partial charge in [0, 0.05) is 29.6 Å². The predicted octanol–water partition coefficient (Wildman–Crippen LogP) is 4.16. The van der Waals surface area contributed by atoms with Crippen molar-refractivity contribution < 1.29 is 13.9 Å². The lowest BCUT2D eigenvalue weighted by Crippen LogP contribution is -2.46. The Hall–Kier alpha value is -3.00. The molecule has 1 amide bonds. The van der Waals surface area contributed by atoms with E-state index in [-0.39, 0.29) is 41.4 Å². The number of carbonyl (C=O) groups excluding carboxylic acids is 1. The predicted molar refractivity (Wildman–Crippen MR) is 112 cm³/mol. The van der Waals surface area contributed by atoms with Gasteiger partial charge in [-0.1, -0.05) is 41.9 Å². The molecule has 0 spiro atoms. The van der Waals surface area contributed by atoms with Gasteiger partial charge in [-0.2, -0.15) is 4.98 Å². The second-order valence-corrected chi connectivity index (χ2v) is 8.44. The number of pyridine rings is 1. The van der Waals surface area contributed by atoms with Crippen LogP contribution in [0.5, 0.6) is 0 Å². The van der Waals surface area contributed by atoms with Crippen LogP contribution in [0.1, 0.15) is 42.9 Å². The zero-order valence-corrected chi connectivity index (χ0v) is 17.3. The molecule has 3 atom stereocenters. The van der Waals surface area contributed by atoms with Crippen molar-refractivity contribution in [1.82, 2.24) is 19.9 Å². The van der Waals surface area contributed by atoms with Crippen LogP contribution in [-0.2, 0) is 11.3 Å². The molecule has 0 radical (unpaired) electrons. The first kappa shape index (κ1) is 19.9. The van der Waals surface area contributed by atoms with Crippen molar-refractivity contribution >= 4 is 28.6 Å². The van der Waals surface area contributed by atoms with Crippen molar-refractivity contribution in [2.24, 2.45) is 0 Å². The van der Waals surface area contributed by atoms with Gasteiger partial charge in [0.1, 0.15) is 6.61 Å². The first-order chi connectivity index (χ1) is 15.0. The maximum Gasteiger partial charge on any atom is 0.410 e. The minimum atomic E-state index is -0.759. The van der Waals surface area contributed by atoms with Crippen LogP contribution in [-0.4, -0.2) is 38.0 Å². The number of carbonyl (C=O) groups is 1. The number of piperidine rings is 1. The number of rotatable bonds is 3. The quantitative estimate of drug-likeness (QED) is 0.615. The summed E-state index contributed by atoms with van der Waals surface area (Å²) in [5.74, 6) is -0.840. The zero-order valence-electron chi connectivity index (χ0n) is 16.6. The monoisotopic (exact) mass is 442 g/mol. The third kappa shape index (κ3) is 3.65. The van der Waals surface area contributed by atoms with E-state index < -0.39 is 11.5 Å². The fourth-order valence-electron chi connectivity index (χ4n) is 4.89. The Bertz CT molecular complexity index is 1190. The summed E-state index contributed by atoms with van der Waals surface area (Å²) >= 11 is 5.78. The standard InChI is InChI=1S/C22H20ClFN4O3/c23-20-17(24)19-16(10-25-20)18(26-21(29)27-19)13-8-14-6-7-15(9-13)28(14)22(30)31-11-12-4-2-1-3-5-12/h1-5,10,13-15H,6-9,11H2,(H,26,27,29)/t13?,14-,15+. The van der Waals surface area contributed by atoms with Gasteiger partial charge in [-0.3, -0.25) is 0 Å². The molecular weight excluding hydrogens is 423 g/mol. The Kier molecular flexibility index (Phi) is 5.09. The first-order valence-electron chi connectivity index (χ1n) is 10.2. The number of fused-ring (bicyclic) bond motifs is 3. The maximum atomic E-state index is 14.4. The molecule has 31 heavy (non-hydrogen) atoms. The van der Waals surface area contributed by atoms with Crippen molar-refractivity contribution in [2.45, 2.75) is 50.3 Å². The largest absolute Gasteiger partial charge is 0.445 e. The van der Waals surface area contributed by atoms with Gasteiger partial charge in [0.2, 0.25) is 0 Å². The smallest absolute Gasteiger partial charge is 0.410 e. The minimum absolute atomic E-state index is 0.00623. The molecule has 2 bridgehead atoms. The normalized spacial score (nSPS) is 22.6. The van der Waals surface area contributed by atoms with E-state index in [1.807, 2.05) is 35.2 Å². The van der Waals surface area contributed by atoms with Gasteiger partial charge in [0.25, 0.3) is 0 Å². The number of hydrogen-bond donors (Lipinski definition) is 1. The Labute approximate surface area is 182 Å². The highest BCUT2D eigenvalue weighted by Crippen LogP contribution is 2.44. The highest BCUT2D eigenvalue weighted by atomic mass is 35.5. The molecule has 2 fully saturated rings. The Balaban J connectivity index is 1.37. The van der Waals surface area contributed by atoms with E-state index >= 15 is 0 Å². The molecule has 2 saturated heterocycles. The summed E-state index contributed by atoms with van der Waals surface area (Å²) in [5, 5.41) is 0.155. The number of H-pyrrole nitrogens is 1. The second kappa shape index (κ2) is 7.92. The van der Waals surface area contributed by atoms with Crippen LogP contribution >= 0.6 is 11.6 Å². The Morgan fingerprint density at radius 2 is 1.94 bits per heavy atom. The third-order valence-corrected chi connectivity index (χ3v) is 6.51. The fourth-order valence-corrected chi connectivity index (χ4v) is 5.03. The SMILES string of the molecule is O=C(OCc1ccccc1)N1[C@@H]2CC[C@H]1CC(c1nc(=O)[nH]c3c(F)c(Cl)ncc13)C2. The van der Waals surface area contributed by atoms with Gasteiger partial charge in [0.05, 0.1) is 11.2 Å². The number of benzene rings is 1. The highest BCUT2D eigenvalue weighted by molar-refractivity contribution is 6.30. The number of hydrogen-bond acceptors (Lipinski definition) is 5. The average molecular weight is 443 g/mol. The van der Waals surface area contributed by atoms with Crippen molar-refractivity contribution in [3.05, 3.63) is 69.2 Å². The van der Waals surface area contributed by atoms with E-state index in [2.05, 4.69) is 15.0 Å². The van der Waals surface area contributed by atoms with Crippen LogP contribution < -0.4 is 5.69 Å². The first-order valence-corrected chi connectivity index (χ1v) is 10.6. The van der Waals surface area contributed by atoms with Gasteiger partial charge >= 0.3 is 11.8 Å². The summed E-state index contributed by atoms with van der Waals surface area (Å²) in [7, 11) is 0. The fraction of sp³-hybridized carbons (Fsp3) is 0.364. The summed E-state index contributed by atoms with van der Waals surface area (Å²) in [5.41, 5.74) is 0.842. The van der Waals surface area contributed by atoms with E-state index in [9.17, 15) is 14.0 Å². The van der Waals surface area contributed by atoms with Gasteiger partial charge in [0.15, 0.2) is 11.0 Å². The van der Waals surface area contributed by atoms with E-state index in [0.29, 0.717) is 23.9 Å². The van der Waals surface area contributed by atoms with Crippen LogP contribution in [0, 0.1) is 5.82 Å². The van der Waals surface area contributed by atoms with E-state index in [1.165, 1.54) is 6.20 Å². The molecule has 2 aromatic heterocycles. The maximum absolute atomic E-state index is 14.4. The summed E-state index contributed by atoms with van der Waals surface area (Å²) in [4.78, 5) is 37.2. The lowest BCUT2D eigenvalue weighted by atomic mass is 9.87. The number of aromatic nitrogens is 3. The molecule has 1 aromatic carbocycles. The molecule has 160 valence electrons. The molecule has 3 aromatic rings. The second-order valence-electron chi connectivity index (χ2n) is 8.08. The number of aromatic amines is 1. The van der Waals surface area contributed by atoms with Crippen molar-refractivity contribution in [3.8, 4) is 0 Å². The Morgan fingerprint density at radius 1 is 1.23 bits per heavy atom. The van der Waals surface area contributed by atoms with Gasteiger partial charge in [-0.05, 0) is 31.2 Å². The van der Waals surface area contributed by atoms with Crippen molar-refractivity contribution in [2.75, 3.05) is 0 Å². The summed E-state index contributed by atoms with van der Waals surface area (Å²) < 4.78 is 20.0. The van der Waals surface area contributed by atoms with Crippen LogP contribution in [0.2, 0.25) is 5.15 Å². The lowest BCUT2D eigenvalue weighted by Gasteiger charge is -2.38. The summed E-state index contributed by atoms with van der Waals surface area (Å²) in [6, 6.07) is 9.54.